The van der Waals surface area contributed by atoms with Crippen LogP contribution in [0.25, 0.3) is 0 Å². The van der Waals surface area contributed by atoms with Crippen LogP contribution in [0.2, 0.25) is 0 Å². The number of nitro groups is 1. The van der Waals surface area contributed by atoms with Gasteiger partial charge in [-0.25, -0.2) is 0 Å². The molecule has 37 heavy (non-hydrogen) atoms. The molecule has 3 aromatic carbocycles. The van der Waals surface area contributed by atoms with E-state index in [2.05, 4.69) is 10.6 Å². The molecule has 9 heteroatoms. The van der Waals surface area contributed by atoms with Crippen LogP contribution in [0.1, 0.15) is 43.0 Å². The van der Waals surface area contributed by atoms with Gasteiger partial charge in [-0.1, -0.05) is 12.1 Å². The monoisotopic (exact) mass is 505 g/mol. The minimum Gasteiger partial charge on any atom is -0.492 e. The van der Waals surface area contributed by atoms with Crippen molar-refractivity contribution in [3.63, 3.8) is 0 Å². The summed E-state index contributed by atoms with van der Waals surface area (Å²) in [5.41, 5.74) is 4.17. The maximum absolute atomic E-state index is 12.6. The molecule has 2 amide bonds. The summed E-state index contributed by atoms with van der Waals surface area (Å²) in [7, 11) is 0. The van der Waals surface area contributed by atoms with E-state index in [9.17, 15) is 19.7 Å². The Labute approximate surface area is 215 Å². The van der Waals surface area contributed by atoms with Crippen LogP contribution in [0.4, 0.5) is 5.69 Å². The summed E-state index contributed by atoms with van der Waals surface area (Å²) >= 11 is 0. The number of carbonyl (C=O) groups is 2. The summed E-state index contributed by atoms with van der Waals surface area (Å²) in [5.74, 6) is 0.292. The van der Waals surface area contributed by atoms with Gasteiger partial charge in [-0.15, -0.1) is 0 Å². The number of aryl methyl sites for hydroxylation is 4. The largest absolute Gasteiger partial charge is 0.492 e. The van der Waals surface area contributed by atoms with Crippen LogP contribution < -0.4 is 20.1 Å². The van der Waals surface area contributed by atoms with Crippen molar-refractivity contribution >= 4 is 17.5 Å². The first-order valence-electron chi connectivity index (χ1n) is 11.9. The average molecular weight is 506 g/mol. The van der Waals surface area contributed by atoms with Crippen LogP contribution in [-0.4, -0.2) is 43.0 Å². The molecule has 0 spiro atoms. The van der Waals surface area contributed by atoms with E-state index in [1.807, 2.05) is 64.1 Å². The van der Waals surface area contributed by atoms with Crippen LogP contribution in [-0.2, 0) is 0 Å². The third-order valence-corrected chi connectivity index (χ3v) is 5.92. The molecule has 0 unspecified atom stereocenters. The van der Waals surface area contributed by atoms with Gasteiger partial charge >= 0.3 is 0 Å². The fraction of sp³-hybridized carbons (Fsp3) is 0.286. The summed E-state index contributed by atoms with van der Waals surface area (Å²) in [6, 6.07) is 15.0. The molecule has 0 saturated heterocycles. The Morgan fingerprint density at radius 2 is 1.14 bits per heavy atom. The van der Waals surface area contributed by atoms with E-state index in [1.165, 1.54) is 6.07 Å². The molecule has 0 aliphatic carbocycles. The first kappa shape index (κ1) is 27.2. The molecule has 0 fully saturated rings. The minimum absolute atomic E-state index is 0.0110. The fourth-order valence-corrected chi connectivity index (χ4v) is 3.46. The van der Waals surface area contributed by atoms with Gasteiger partial charge in [-0.05, 0) is 80.3 Å². The van der Waals surface area contributed by atoms with Gasteiger partial charge in [0.2, 0.25) is 0 Å². The van der Waals surface area contributed by atoms with Crippen molar-refractivity contribution in [2.75, 3.05) is 26.3 Å². The van der Waals surface area contributed by atoms with Crippen LogP contribution in [0.15, 0.2) is 54.6 Å². The first-order chi connectivity index (χ1) is 17.6. The summed E-state index contributed by atoms with van der Waals surface area (Å²) in [6.45, 7) is 8.79. The molecule has 9 nitrogen and oxygen atoms in total. The number of nitro benzene ring substituents is 1. The zero-order valence-corrected chi connectivity index (χ0v) is 21.4. The molecule has 0 radical (unpaired) electrons. The summed E-state index contributed by atoms with van der Waals surface area (Å²) < 4.78 is 11.3. The number of hydrogen-bond acceptors (Lipinski definition) is 6. The van der Waals surface area contributed by atoms with Crippen molar-refractivity contribution < 1.29 is 24.0 Å². The Hall–Kier alpha value is -4.40. The zero-order chi connectivity index (χ0) is 26.9. The number of nitrogens with one attached hydrogen (secondary N) is 2. The molecule has 3 aromatic rings. The van der Waals surface area contributed by atoms with Gasteiger partial charge < -0.3 is 20.1 Å². The lowest BCUT2D eigenvalue weighted by Crippen LogP contribution is -2.30. The molecule has 0 saturated carbocycles. The first-order valence-corrected chi connectivity index (χ1v) is 11.9. The Morgan fingerprint density at radius 3 is 1.51 bits per heavy atom. The van der Waals surface area contributed by atoms with Crippen LogP contribution >= 0.6 is 0 Å². The second kappa shape index (κ2) is 12.5. The zero-order valence-electron chi connectivity index (χ0n) is 21.4. The third kappa shape index (κ3) is 7.79. The second-order valence-electron chi connectivity index (χ2n) is 8.73. The smallest absolute Gasteiger partial charge is 0.271 e. The van der Waals surface area contributed by atoms with Crippen molar-refractivity contribution in [3.05, 3.63) is 98.1 Å². The predicted molar refractivity (Wildman–Crippen MR) is 141 cm³/mol. The number of rotatable bonds is 11. The lowest BCUT2D eigenvalue weighted by Gasteiger charge is -2.11. The SMILES string of the molecule is Cc1ccc(OCCNC(=O)c2cc(C(=O)NCCOc3ccc(C)c(C)c3)cc([N+](=O)[O-])c2)cc1C. The molecule has 194 valence electrons. The lowest BCUT2D eigenvalue weighted by molar-refractivity contribution is -0.384. The lowest BCUT2D eigenvalue weighted by atomic mass is 10.1. The van der Waals surface area contributed by atoms with Gasteiger partial charge in [0, 0.05) is 23.3 Å². The molecule has 0 bridgehead atoms. The summed E-state index contributed by atoms with van der Waals surface area (Å²) in [6.07, 6.45) is 0. The van der Waals surface area contributed by atoms with Crippen LogP contribution in [0, 0.1) is 37.8 Å². The van der Waals surface area contributed by atoms with Gasteiger partial charge in [0.05, 0.1) is 18.0 Å². The van der Waals surface area contributed by atoms with Gasteiger partial charge in [0.15, 0.2) is 0 Å². The summed E-state index contributed by atoms with van der Waals surface area (Å²) in [4.78, 5) is 36.0. The third-order valence-electron chi connectivity index (χ3n) is 5.92. The summed E-state index contributed by atoms with van der Waals surface area (Å²) in [5, 5.41) is 16.7. The van der Waals surface area contributed by atoms with Gasteiger partial charge in [-0.3, -0.25) is 19.7 Å². The topological polar surface area (TPSA) is 120 Å². The number of benzene rings is 3. The van der Waals surface area contributed by atoms with Crippen LogP contribution in [0.3, 0.4) is 0 Å². The molecule has 0 heterocycles. The van der Waals surface area contributed by atoms with E-state index in [1.54, 1.807) is 0 Å². The maximum atomic E-state index is 12.6. The van der Waals surface area contributed by atoms with E-state index >= 15 is 0 Å². The molecular weight excluding hydrogens is 474 g/mol. The van der Waals surface area contributed by atoms with E-state index in [0.29, 0.717) is 11.5 Å². The highest BCUT2D eigenvalue weighted by atomic mass is 16.6. The van der Waals surface area contributed by atoms with Gasteiger partial charge in [0.25, 0.3) is 17.5 Å². The highest BCUT2D eigenvalue weighted by Crippen LogP contribution is 2.19. The van der Waals surface area contributed by atoms with Crippen LogP contribution in [0.5, 0.6) is 11.5 Å². The standard InChI is InChI=1S/C28H31N3O6/c1-18-5-7-25(13-20(18)3)36-11-9-29-27(32)22-15-23(17-24(16-22)31(34)35)28(33)30-10-12-37-26-8-6-19(2)21(4)14-26/h5-8,13-17H,9-12H2,1-4H3,(H,29,32)(H,30,33). The van der Waals surface area contributed by atoms with Crippen molar-refractivity contribution in [2.24, 2.45) is 0 Å². The number of amides is 2. The molecule has 0 aliphatic heterocycles. The van der Waals surface area contributed by atoms with Gasteiger partial charge in [-0.2, -0.15) is 0 Å². The van der Waals surface area contributed by atoms with E-state index < -0.39 is 16.7 Å². The number of hydrogen-bond donors (Lipinski definition) is 2. The number of nitrogens with zero attached hydrogens (tertiary/aromatic N) is 1. The number of non-ortho nitro benzene ring substituents is 1. The van der Waals surface area contributed by atoms with Gasteiger partial charge in [0.1, 0.15) is 24.7 Å². The second-order valence-corrected chi connectivity index (χ2v) is 8.73. The highest BCUT2D eigenvalue weighted by molar-refractivity contribution is 6.00. The van der Waals surface area contributed by atoms with E-state index in [0.717, 1.165) is 34.4 Å². The van der Waals surface area contributed by atoms with E-state index in [4.69, 9.17) is 9.47 Å². The van der Waals surface area contributed by atoms with Crippen molar-refractivity contribution in [2.45, 2.75) is 27.7 Å². The minimum atomic E-state index is -0.640. The predicted octanol–water partition coefficient (Wildman–Crippen LogP) is 4.45. The molecule has 3 rings (SSSR count). The Balaban J connectivity index is 1.55. The quantitative estimate of drug-likeness (QED) is 0.226. The Kier molecular flexibility index (Phi) is 9.21. The molecule has 2 N–H and O–H groups in total. The average Bonchev–Trinajstić information content (AvgIpc) is 2.88. The van der Waals surface area contributed by atoms with Crippen molar-refractivity contribution in [1.82, 2.24) is 10.6 Å². The fourth-order valence-electron chi connectivity index (χ4n) is 3.46. The van der Waals surface area contributed by atoms with E-state index in [-0.39, 0.29) is 43.1 Å². The maximum Gasteiger partial charge on any atom is 0.271 e. The highest BCUT2D eigenvalue weighted by Gasteiger charge is 2.18. The van der Waals surface area contributed by atoms with Crippen molar-refractivity contribution in [1.29, 1.82) is 0 Å². The number of ether oxygens (including phenoxy) is 2. The molecule has 0 aromatic heterocycles. The molecule has 0 atom stereocenters. The molecule has 0 aliphatic rings. The Morgan fingerprint density at radius 1 is 0.703 bits per heavy atom. The Bertz CT molecular complexity index is 1220. The van der Waals surface area contributed by atoms with Crippen molar-refractivity contribution in [3.8, 4) is 11.5 Å². The number of carbonyl (C=O) groups excluding carboxylic acids is 2. The molecular formula is C28H31N3O6. The normalized spacial score (nSPS) is 10.5.